The lowest BCUT2D eigenvalue weighted by molar-refractivity contribution is 0.0171. The molecule has 218 valence electrons. The molecule has 0 atom stereocenters. The van der Waals surface area contributed by atoms with Crippen molar-refractivity contribution in [2.45, 2.75) is 58.1 Å². The van der Waals surface area contributed by atoms with Crippen molar-refractivity contribution in [1.82, 2.24) is 25.1 Å². The second kappa shape index (κ2) is 13.3. The zero-order valence-electron chi connectivity index (χ0n) is 24.0. The van der Waals surface area contributed by atoms with Crippen LogP contribution in [0.3, 0.4) is 0 Å². The van der Waals surface area contributed by atoms with Crippen molar-refractivity contribution < 1.29 is 14.3 Å². The molecule has 1 saturated carbocycles. The zero-order chi connectivity index (χ0) is 29.4. The topological polar surface area (TPSA) is 153 Å². The number of carbonyl (C=O) groups excluding carboxylic acids is 2. The first kappa shape index (κ1) is 30.5. The minimum atomic E-state index is -0.530. The van der Waals surface area contributed by atoms with Crippen LogP contribution in [0.5, 0.6) is 0 Å². The van der Waals surface area contributed by atoms with Crippen molar-refractivity contribution in [2.24, 2.45) is 10.8 Å². The number of carbonyl (C=O) groups is 2. The summed E-state index contributed by atoms with van der Waals surface area (Å²) >= 11 is 0. The number of allylic oxidation sites excluding steroid dienone is 1. The summed E-state index contributed by atoms with van der Waals surface area (Å²) in [5, 5.41) is 13.8. The summed E-state index contributed by atoms with van der Waals surface area (Å²) in [7, 11) is 1.59. The number of nitrogens with two attached hydrogens (primary N) is 1. The molecule has 40 heavy (non-hydrogen) atoms. The maximum Gasteiger partial charge on any atom is 0.410 e. The normalized spacial score (nSPS) is 16.7. The molecule has 2 amide bonds. The van der Waals surface area contributed by atoms with Gasteiger partial charge in [0.1, 0.15) is 28.8 Å². The van der Waals surface area contributed by atoms with Gasteiger partial charge in [-0.1, -0.05) is 26.0 Å². The molecule has 0 aromatic carbocycles. The largest absolute Gasteiger partial charge is 0.444 e. The minimum absolute atomic E-state index is 0.145. The van der Waals surface area contributed by atoms with E-state index in [0.717, 1.165) is 31.4 Å². The van der Waals surface area contributed by atoms with Crippen molar-refractivity contribution in [2.75, 3.05) is 38.5 Å². The standard InChI is InChI=1S/C28H43N9O3/c1-19(35-13-15-36(16-14-35)27(39)40-28(3,4)5)11-12-24(34-30)32-20(2)33-25-21(18-29)17-23(26(38)31-6)37(25)22-9-7-8-10-22/h11-12,17-18,22,29,33H,1-2,7-10,13-16,30H2,3-6H3,(H,31,38)(H,32,34)/b12-11-,29-18?. The highest BCUT2D eigenvalue weighted by Crippen LogP contribution is 2.36. The first-order valence-electron chi connectivity index (χ1n) is 13.6. The molecule has 1 aliphatic carbocycles. The SMILES string of the molecule is C=C(N=C(/C=C\C(=C)N1CCN(C(=O)OC(C)(C)C)CC1)NN)Nc1c(C=N)cc(C(=O)NC)n1C1CCCC1. The smallest absolute Gasteiger partial charge is 0.410 e. The second-order valence-electron chi connectivity index (χ2n) is 10.9. The van der Waals surface area contributed by atoms with Crippen molar-refractivity contribution in [3.63, 3.8) is 0 Å². The van der Waals surface area contributed by atoms with Crippen LogP contribution in [0.2, 0.25) is 0 Å². The Bertz CT molecular complexity index is 1180. The Hall–Kier alpha value is -4.06. The van der Waals surface area contributed by atoms with Gasteiger partial charge in [0.05, 0.1) is 0 Å². The third kappa shape index (κ3) is 7.75. The summed E-state index contributed by atoms with van der Waals surface area (Å²) in [5.41, 5.74) is 3.85. The molecule has 0 unspecified atom stereocenters. The molecule has 1 aromatic rings. The van der Waals surface area contributed by atoms with Crippen LogP contribution in [0.4, 0.5) is 10.6 Å². The summed E-state index contributed by atoms with van der Waals surface area (Å²) in [5.74, 6) is 6.75. The highest BCUT2D eigenvalue weighted by Gasteiger charge is 2.28. The van der Waals surface area contributed by atoms with E-state index >= 15 is 0 Å². The highest BCUT2D eigenvalue weighted by molar-refractivity contribution is 5.98. The molecule has 0 radical (unpaired) electrons. The zero-order valence-corrected chi connectivity index (χ0v) is 24.0. The Morgan fingerprint density at radius 3 is 2.30 bits per heavy atom. The number of hydrogen-bond acceptors (Lipinski definition) is 8. The first-order chi connectivity index (χ1) is 19.0. The van der Waals surface area contributed by atoms with Crippen LogP contribution in [0.25, 0.3) is 0 Å². The number of aromatic nitrogens is 1. The average molecular weight is 554 g/mol. The maximum absolute atomic E-state index is 12.6. The van der Waals surface area contributed by atoms with E-state index in [1.165, 1.54) is 6.21 Å². The van der Waals surface area contributed by atoms with Crippen LogP contribution >= 0.6 is 0 Å². The molecular weight excluding hydrogens is 510 g/mol. The second-order valence-corrected chi connectivity index (χ2v) is 10.9. The van der Waals surface area contributed by atoms with E-state index < -0.39 is 5.60 Å². The Kier molecular flexibility index (Phi) is 10.2. The molecule has 1 aliphatic heterocycles. The van der Waals surface area contributed by atoms with Crippen LogP contribution in [0, 0.1) is 5.41 Å². The number of ether oxygens (including phenoxy) is 1. The fourth-order valence-corrected chi connectivity index (χ4v) is 4.84. The van der Waals surface area contributed by atoms with Crippen LogP contribution < -0.4 is 21.9 Å². The lowest BCUT2D eigenvalue weighted by atomic mass is 10.2. The molecule has 0 spiro atoms. The lowest BCUT2D eigenvalue weighted by Gasteiger charge is -2.36. The summed E-state index contributed by atoms with van der Waals surface area (Å²) < 4.78 is 7.42. The van der Waals surface area contributed by atoms with Crippen LogP contribution in [0.1, 0.15) is 68.5 Å². The fourth-order valence-electron chi connectivity index (χ4n) is 4.84. The van der Waals surface area contributed by atoms with Gasteiger partial charge in [-0.25, -0.2) is 15.6 Å². The van der Waals surface area contributed by atoms with Gasteiger partial charge < -0.3 is 40.6 Å². The number of piperazine rings is 1. The number of nitrogens with one attached hydrogen (secondary N) is 4. The highest BCUT2D eigenvalue weighted by atomic mass is 16.6. The van der Waals surface area contributed by atoms with Gasteiger partial charge in [0.15, 0.2) is 0 Å². The number of aliphatic imine (C=N–C) groups is 1. The quantitative estimate of drug-likeness (QED) is 0.103. The van der Waals surface area contributed by atoms with Crippen molar-refractivity contribution >= 4 is 29.9 Å². The van der Waals surface area contributed by atoms with Gasteiger partial charge in [-0.2, -0.15) is 0 Å². The van der Waals surface area contributed by atoms with Crippen molar-refractivity contribution in [3.05, 3.63) is 54.2 Å². The van der Waals surface area contributed by atoms with Gasteiger partial charge >= 0.3 is 6.09 Å². The molecular formula is C28H43N9O3. The molecule has 1 saturated heterocycles. The third-order valence-electron chi connectivity index (χ3n) is 6.81. The van der Waals surface area contributed by atoms with E-state index in [1.54, 1.807) is 30.2 Å². The summed E-state index contributed by atoms with van der Waals surface area (Å²) in [6.07, 6.45) is 8.46. The molecule has 12 nitrogen and oxygen atoms in total. The Balaban J connectivity index is 1.68. The number of anilines is 1. The first-order valence-corrected chi connectivity index (χ1v) is 13.6. The average Bonchev–Trinajstić information content (AvgIpc) is 3.57. The van der Waals surface area contributed by atoms with Crippen molar-refractivity contribution in [1.29, 1.82) is 5.41 Å². The number of hydrazine groups is 1. The third-order valence-corrected chi connectivity index (χ3v) is 6.81. The van der Waals surface area contributed by atoms with Crippen LogP contribution in [-0.4, -0.2) is 77.2 Å². The van der Waals surface area contributed by atoms with Gasteiger partial charge in [0, 0.05) is 56.7 Å². The van der Waals surface area contributed by atoms with E-state index in [-0.39, 0.29) is 23.9 Å². The van der Waals surface area contributed by atoms with E-state index in [1.807, 2.05) is 25.3 Å². The molecule has 12 heteroatoms. The summed E-state index contributed by atoms with van der Waals surface area (Å²) in [4.78, 5) is 33.2. The Labute approximate surface area is 236 Å². The minimum Gasteiger partial charge on any atom is -0.444 e. The van der Waals surface area contributed by atoms with Crippen LogP contribution in [-0.2, 0) is 4.74 Å². The maximum atomic E-state index is 12.6. The molecule has 2 fully saturated rings. The van der Waals surface area contributed by atoms with Crippen molar-refractivity contribution in [3.8, 4) is 0 Å². The van der Waals surface area contributed by atoms with Gasteiger partial charge in [0.2, 0.25) is 0 Å². The number of amides is 2. The lowest BCUT2D eigenvalue weighted by Crippen LogP contribution is -2.49. The molecule has 0 bridgehead atoms. The van der Waals surface area contributed by atoms with E-state index in [4.69, 9.17) is 16.0 Å². The van der Waals surface area contributed by atoms with E-state index in [0.29, 0.717) is 49.1 Å². The predicted octanol–water partition coefficient (Wildman–Crippen LogP) is 3.33. The number of nitrogens with zero attached hydrogens (tertiary/aromatic N) is 4. The van der Waals surface area contributed by atoms with E-state index in [2.05, 4.69) is 39.1 Å². The fraction of sp³-hybridized carbons (Fsp3) is 0.500. The summed E-state index contributed by atoms with van der Waals surface area (Å²) in [6, 6.07) is 1.85. The molecule has 1 aromatic heterocycles. The Morgan fingerprint density at radius 2 is 1.75 bits per heavy atom. The van der Waals surface area contributed by atoms with Crippen LogP contribution in [0.15, 0.2) is 47.9 Å². The van der Waals surface area contributed by atoms with Gasteiger partial charge in [0.25, 0.3) is 5.91 Å². The summed E-state index contributed by atoms with van der Waals surface area (Å²) in [6.45, 7) is 16.0. The molecule has 2 heterocycles. The van der Waals surface area contributed by atoms with Gasteiger partial charge in [-0.3, -0.25) is 4.79 Å². The monoisotopic (exact) mass is 553 g/mol. The molecule has 3 rings (SSSR count). The molecule has 6 N–H and O–H groups in total. The Morgan fingerprint density at radius 1 is 1.12 bits per heavy atom. The number of hydrogen-bond donors (Lipinski definition) is 5. The van der Waals surface area contributed by atoms with E-state index in [9.17, 15) is 9.59 Å². The molecule has 2 aliphatic rings. The van der Waals surface area contributed by atoms with Gasteiger partial charge in [-0.05, 0) is 51.8 Å². The number of amidine groups is 1. The number of rotatable bonds is 9. The predicted molar refractivity (Wildman–Crippen MR) is 158 cm³/mol. The van der Waals surface area contributed by atoms with Gasteiger partial charge in [-0.15, -0.1) is 0 Å².